The van der Waals surface area contributed by atoms with Crippen molar-refractivity contribution < 1.29 is 9.59 Å². The van der Waals surface area contributed by atoms with E-state index in [1.54, 1.807) is 12.1 Å². The molecule has 2 saturated heterocycles. The fraction of sp³-hybridized carbons (Fsp3) is 0.650. The van der Waals surface area contributed by atoms with Gasteiger partial charge < -0.3 is 14.8 Å². The third kappa shape index (κ3) is 4.00. The molecule has 0 saturated carbocycles. The Morgan fingerprint density at radius 3 is 2.81 bits per heavy atom. The van der Waals surface area contributed by atoms with E-state index in [2.05, 4.69) is 18.8 Å². The molecule has 0 radical (unpaired) electrons. The molecule has 2 fully saturated rings. The molecular formula is C20H29N3O3. The molecule has 1 aromatic heterocycles. The molecule has 2 aliphatic heterocycles. The highest BCUT2D eigenvalue weighted by Crippen LogP contribution is 2.39. The molecule has 1 unspecified atom stereocenters. The summed E-state index contributed by atoms with van der Waals surface area (Å²) in [4.78, 5) is 43.5. The minimum absolute atomic E-state index is 0.0274. The van der Waals surface area contributed by atoms with Gasteiger partial charge in [0.05, 0.1) is 0 Å². The molecule has 0 aliphatic carbocycles. The fourth-order valence-electron chi connectivity index (χ4n) is 4.19. The lowest BCUT2D eigenvalue weighted by atomic mass is 9.73. The average molecular weight is 359 g/mol. The second-order valence-electron chi connectivity index (χ2n) is 8.24. The van der Waals surface area contributed by atoms with E-state index in [0.29, 0.717) is 25.4 Å². The van der Waals surface area contributed by atoms with Crippen molar-refractivity contribution >= 4 is 11.8 Å². The summed E-state index contributed by atoms with van der Waals surface area (Å²) in [6, 6.07) is 3.27. The summed E-state index contributed by atoms with van der Waals surface area (Å²) in [7, 11) is 0. The zero-order valence-corrected chi connectivity index (χ0v) is 15.8. The highest BCUT2D eigenvalue weighted by atomic mass is 16.2. The number of carbonyl (C=O) groups excluding carboxylic acids is 2. The van der Waals surface area contributed by atoms with Gasteiger partial charge in [-0.05, 0) is 43.7 Å². The Kier molecular flexibility index (Phi) is 5.49. The van der Waals surface area contributed by atoms with E-state index in [0.717, 1.165) is 38.8 Å². The van der Waals surface area contributed by atoms with Gasteiger partial charge in [0.15, 0.2) is 0 Å². The predicted octanol–water partition coefficient (Wildman–Crippen LogP) is 2.27. The molecule has 0 aromatic carbocycles. The van der Waals surface area contributed by atoms with Gasteiger partial charge in [-0.1, -0.05) is 13.8 Å². The Labute approximate surface area is 154 Å². The number of rotatable bonds is 4. The van der Waals surface area contributed by atoms with E-state index in [-0.39, 0.29) is 28.4 Å². The number of likely N-dealkylation sites (tertiary alicyclic amines) is 2. The third-order valence-electron chi connectivity index (χ3n) is 5.72. The van der Waals surface area contributed by atoms with Crippen molar-refractivity contribution in [2.45, 2.75) is 46.0 Å². The third-order valence-corrected chi connectivity index (χ3v) is 5.72. The Bertz CT molecular complexity index is 727. The first-order chi connectivity index (χ1) is 12.4. The van der Waals surface area contributed by atoms with Gasteiger partial charge in [-0.25, -0.2) is 0 Å². The minimum Gasteiger partial charge on any atom is -0.342 e. The first-order valence-corrected chi connectivity index (χ1v) is 9.65. The first-order valence-electron chi connectivity index (χ1n) is 9.65. The van der Waals surface area contributed by atoms with Crippen LogP contribution in [0.25, 0.3) is 0 Å². The monoisotopic (exact) mass is 359 g/mol. The molecule has 3 heterocycles. The second-order valence-corrected chi connectivity index (χ2v) is 8.24. The van der Waals surface area contributed by atoms with Gasteiger partial charge in [-0.2, -0.15) is 0 Å². The topological polar surface area (TPSA) is 73.5 Å². The van der Waals surface area contributed by atoms with Crippen LogP contribution in [0.2, 0.25) is 0 Å². The number of nitrogens with one attached hydrogen (secondary N) is 1. The molecule has 6 heteroatoms. The van der Waals surface area contributed by atoms with Crippen LogP contribution in [0.4, 0.5) is 0 Å². The number of hydrogen-bond acceptors (Lipinski definition) is 3. The molecule has 2 amide bonds. The smallest absolute Gasteiger partial charge is 0.260 e. The lowest BCUT2D eigenvalue weighted by Gasteiger charge is -2.48. The number of aromatic amines is 1. The summed E-state index contributed by atoms with van der Waals surface area (Å²) in [5, 5.41) is 0. The molecule has 26 heavy (non-hydrogen) atoms. The summed E-state index contributed by atoms with van der Waals surface area (Å²) in [5.41, 5.74) is -0.164. The number of hydrogen-bond donors (Lipinski definition) is 1. The van der Waals surface area contributed by atoms with Crippen LogP contribution >= 0.6 is 0 Å². The van der Waals surface area contributed by atoms with E-state index >= 15 is 0 Å². The molecule has 1 N–H and O–H groups in total. The van der Waals surface area contributed by atoms with Gasteiger partial charge in [0.25, 0.3) is 11.5 Å². The maximum atomic E-state index is 12.8. The quantitative estimate of drug-likeness (QED) is 0.896. The van der Waals surface area contributed by atoms with E-state index in [1.165, 1.54) is 6.20 Å². The minimum atomic E-state index is -0.338. The van der Waals surface area contributed by atoms with Crippen LogP contribution < -0.4 is 5.56 Å². The number of H-pyrrole nitrogens is 1. The van der Waals surface area contributed by atoms with Crippen LogP contribution in [0.1, 0.15) is 56.3 Å². The largest absolute Gasteiger partial charge is 0.342 e. The summed E-state index contributed by atoms with van der Waals surface area (Å²) in [5.74, 6) is 0.602. The zero-order valence-electron chi connectivity index (χ0n) is 15.8. The molecule has 1 spiro atoms. The van der Waals surface area contributed by atoms with E-state index in [4.69, 9.17) is 0 Å². The van der Waals surface area contributed by atoms with Gasteiger partial charge in [0.1, 0.15) is 5.56 Å². The molecule has 6 nitrogen and oxygen atoms in total. The summed E-state index contributed by atoms with van der Waals surface area (Å²) < 4.78 is 0. The maximum Gasteiger partial charge on any atom is 0.260 e. The normalized spacial score (nSPS) is 23.7. The van der Waals surface area contributed by atoms with Crippen molar-refractivity contribution in [3.63, 3.8) is 0 Å². The molecule has 1 atom stereocenters. The van der Waals surface area contributed by atoms with Crippen LogP contribution in [0, 0.1) is 11.3 Å². The predicted molar refractivity (Wildman–Crippen MR) is 99.9 cm³/mol. The fourth-order valence-corrected chi connectivity index (χ4v) is 4.19. The van der Waals surface area contributed by atoms with Crippen molar-refractivity contribution in [2.24, 2.45) is 11.3 Å². The lowest BCUT2D eigenvalue weighted by molar-refractivity contribution is -0.139. The van der Waals surface area contributed by atoms with Crippen molar-refractivity contribution in [1.82, 2.24) is 14.8 Å². The Hall–Kier alpha value is -2.11. The summed E-state index contributed by atoms with van der Waals surface area (Å²) in [6.07, 6.45) is 5.89. The molecular weight excluding hydrogens is 330 g/mol. The second kappa shape index (κ2) is 7.64. The Morgan fingerprint density at radius 2 is 2.08 bits per heavy atom. The van der Waals surface area contributed by atoms with E-state index in [9.17, 15) is 14.4 Å². The number of aromatic nitrogens is 1. The van der Waals surface area contributed by atoms with Crippen molar-refractivity contribution in [2.75, 3.05) is 26.2 Å². The SMILES string of the molecule is CC(C)CCN1CC2(CCCN(C(=O)c3ccc[nH]c3=O)C2)CCC1=O. The van der Waals surface area contributed by atoms with Crippen LogP contribution in [-0.4, -0.2) is 52.8 Å². The standard InChI is InChI=1S/C20H29N3O3/c1-15(2)7-12-22-13-20(9-6-17(22)24)8-4-11-23(14-20)19(26)16-5-3-10-21-18(16)25/h3,5,10,15H,4,6-9,11-14H2,1-2H3,(H,21,25). The van der Waals surface area contributed by atoms with Crippen molar-refractivity contribution in [3.8, 4) is 0 Å². The number of amides is 2. The lowest BCUT2D eigenvalue weighted by Crippen LogP contribution is -2.55. The van der Waals surface area contributed by atoms with Gasteiger partial charge in [0, 0.05) is 44.2 Å². The van der Waals surface area contributed by atoms with Gasteiger partial charge in [0.2, 0.25) is 5.91 Å². The van der Waals surface area contributed by atoms with Crippen LogP contribution in [0.3, 0.4) is 0 Å². The summed E-state index contributed by atoms with van der Waals surface area (Å²) >= 11 is 0. The molecule has 3 rings (SSSR count). The Balaban J connectivity index is 1.72. The zero-order chi connectivity index (χ0) is 18.7. The number of piperidine rings is 2. The highest BCUT2D eigenvalue weighted by molar-refractivity contribution is 5.93. The van der Waals surface area contributed by atoms with E-state index < -0.39 is 0 Å². The highest BCUT2D eigenvalue weighted by Gasteiger charge is 2.42. The average Bonchev–Trinajstić information content (AvgIpc) is 2.63. The number of nitrogens with zero attached hydrogens (tertiary/aromatic N) is 2. The van der Waals surface area contributed by atoms with Crippen LogP contribution in [0.15, 0.2) is 23.1 Å². The number of carbonyl (C=O) groups is 2. The first kappa shape index (κ1) is 18.7. The molecule has 142 valence electrons. The van der Waals surface area contributed by atoms with Crippen LogP contribution in [-0.2, 0) is 4.79 Å². The maximum absolute atomic E-state index is 12.8. The molecule has 0 bridgehead atoms. The van der Waals surface area contributed by atoms with Gasteiger partial charge in [-0.3, -0.25) is 14.4 Å². The van der Waals surface area contributed by atoms with Crippen molar-refractivity contribution in [3.05, 3.63) is 34.2 Å². The molecule has 1 aromatic rings. The van der Waals surface area contributed by atoms with Crippen LogP contribution in [0.5, 0.6) is 0 Å². The van der Waals surface area contributed by atoms with E-state index in [1.807, 2.05) is 9.80 Å². The summed E-state index contributed by atoms with van der Waals surface area (Å²) in [6.45, 7) is 7.17. The number of pyridine rings is 1. The van der Waals surface area contributed by atoms with Gasteiger partial charge >= 0.3 is 0 Å². The molecule has 2 aliphatic rings. The Morgan fingerprint density at radius 1 is 1.27 bits per heavy atom. The van der Waals surface area contributed by atoms with Gasteiger partial charge in [-0.15, -0.1) is 0 Å². The van der Waals surface area contributed by atoms with Crippen molar-refractivity contribution in [1.29, 1.82) is 0 Å².